The van der Waals surface area contributed by atoms with Gasteiger partial charge in [0.25, 0.3) is 0 Å². The van der Waals surface area contributed by atoms with Crippen LogP contribution in [-0.2, 0) is 10.8 Å². The molecule has 2 aromatic heterocycles. The van der Waals surface area contributed by atoms with Crippen LogP contribution in [0.25, 0.3) is 87.2 Å². The van der Waals surface area contributed by atoms with E-state index < -0.39 is 10.8 Å². The number of hydrogen-bond donors (Lipinski definition) is 0. The lowest BCUT2D eigenvalue weighted by Crippen LogP contribution is -2.43. The van der Waals surface area contributed by atoms with Crippen LogP contribution in [0, 0.1) is 0 Å². The van der Waals surface area contributed by atoms with Crippen molar-refractivity contribution in [2.75, 3.05) is 0 Å². The van der Waals surface area contributed by atoms with E-state index in [0.29, 0.717) is 0 Å². The van der Waals surface area contributed by atoms with Crippen molar-refractivity contribution in [3.8, 4) is 67.0 Å². The van der Waals surface area contributed by atoms with Crippen LogP contribution in [0.1, 0.15) is 44.5 Å². The van der Waals surface area contributed by atoms with E-state index in [4.69, 9.17) is 4.98 Å². The van der Waals surface area contributed by atoms with Gasteiger partial charge in [0.15, 0.2) is 0 Å². The topological polar surface area (TPSA) is 12.9 Å². The number of rotatable bonds is 4. The molecule has 0 unspecified atom stereocenters. The highest BCUT2D eigenvalue weighted by Crippen LogP contribution is 2.68. The third-order valence-electron chi connectivity index (χ3n) is 15.6. The Morgan fingerprint density at radius 1 is 0.246 bits per heavy atom. The minimum atomic E-state index is -0.596. The summed E-state index contributed by atoms with van der Waals surface area (Å²) in [4.78, 5) is 5.16. The number of aromatic nitrogens is 1. The lowest BCUT2D eigenvalue weighted by Gasteiger charge is -2.49. The molecular formula is C67H41NS. The van der Waals surface area contributed by atoms with Gasteiger partial charge in [0.05, 0.1) is 22.2 Å². The predicted octanol–water partition coefficient (Wildman–Crippen LogP) is 17.2. The van der Waals surface area contributed by atoms with E-state index >= 15 is 0 Å². The first-order chi connectivity index (χ1) is 34.2. The second kappa shape index (κ2) is 14.5. The summed E-state index contributed by atoms with van der Waals surface area (Å²) >= 11 is 1.90. The van der Waals surface area contributed by atoms with Crippen molar-refractivity contribution >= 4 is 31.5 Å². The number of pyridine rings is 1. The Labute approximate surface area is 405 Å². The molecule has 0 N–H and O–H groups in total. The average Bonchev–Trinajstić information content (AvgIpc) is 4.04. The lowest BCUT2D eigenvalue weighted by atomic mass is 9.52. The van der Waals surface area contributed by atoms with Crippen molar-refractivity contribution in [2.45, 2.75) is 10.8 Å². The molecule has 0 saturated heterocycles. The van der Waals surface area contributed by atoms with Crippen molar-refractivity contribution in [3.63, 3.8) is 0 Å². The molecule has 10 aromatic carbocycles. The molecule has 2 spiro atoms. The number of benzene rings is 10. The SMILES string of the molecule is c1ccc(-c2cc(-c3ccc(-c4ccc5c(c4)C4(c6cc7c(cc6-5)sc5ccccc57)c5ccccc5C5(c6ccccc6-c6ccccc65)c5ccccc54)cc3)cc(-c3ccccc3)n2)cc1. The molecule has 3 aliphatic carbocycles. The van der Waals surface area contributed by atoms with Gasteiger partial charge in [-0.25, -0.2) is 4.98 Å². The first-order valence-corrected chi connectivity index (χ1v) is 24.7. The van der Waals surface area contributed by atoms with Gasteiger partial charge in [0.2, 0.25) is 0 Å². The predicted molar refractivity (Wildman–Crippen MR) is 287 cm³/mol. The molecule has 0 radical (unpaired) electrons. The van der Waals surface area contributed by atoms with Crippen molar-refractivity contribution in [1.82, 2.24) is 4.98 Å². The standard InChI is InChI=1S/C67H41NS/c1-3-17-44(18-4-1)62-38-47(39-63(68-62)45-19-5-2-6-20-45)43-33-31-42(32-34-43)46-35-36-50-52-41-65-53(51-23-9-16-30-64(51)69-65)40-61(52)67(60(50)37-46)58-28-14-12-26-56(58)66(57-27-13-15-29-59(57)67)54-24-10-7-21-48(54)49-22-8-11-25-55(49)66/h1-41H. The molecule has 0 aliphatic heterocycles. The first-order valence-electron chi connectivity index (χ1n) is 23.9. The molecule has 1 nitrogen and oxygen atoms in total. The number of hydrogen-bond acceptors (Lipinski definition) is 2. The van der Waals surface area contributed by atoms with Crippen LogP contribution in [0.15, 0.2) is 249 Å². The highest BCUT2D eigenvalue weighted by Gasteiger charge is 2.59. The molecule has 0 atom stereocenters. The number of thiophene rings is 1. The zero-order valence-corrected chi connectivity index (χ0v) is 38.3. The van der Waals surface area contributed by atoms with Crippen molar-refractivity contribution in [2.24, 2.45) is 0 Å². The third kappa shape index (κ3) is 5.27. The summed E-state index contributed by atoms with van der Waals surface area (Å²) in [7, 11) is 0. The molecule has 0 saturated carbocycles. The molecule has 2 heterocycles. The molecule has 0 fully saturated rings. The molecular weight excluding hydrogens is 851 g/mol. The summed E-state index contributed by atoms with van der Waals surface area (Å²) < 4.78 is 2.65. The molecule has 69 heavy (non-hydrogen) atoms. The molecule has 2 heteroatoms. The minimum absolute atomic E-state index is 0.491. The summed E-state index contributed by atoms with van der Waals surface area (Å²) in [5.74, 6) is 0. The van der Waals surface area contributed by atoms with Crippen LogP contribution in [0.4, 0.5) is 0 Å². The Morgan fingerprint density at radius 2 is 0.681 bits per heavy atom. The second-order valence-corrected chi connectivity index (χ2v) is 20.0. The van der Waals surface area contributed by atoms with Gasteiger partial charge in [0.1, 0.15) is 0 Å². The van der Waals surface area contributed by atoms with Crippen molar-refractivity contribution < 1.29 is 0 Å². The lowest BCUT2D eigenvalue weighted by molar-refractivity contribution is 0.633. The molecule has 0 bridgehead atoms. The summed E-state index contributed by atoms with van der Waals surface area (Å²) in [6.07, 6.45) is 0. The van der Waals surface area contributed by atoms with Crippen LogP contribution < -0.4 is 0 Å². The van der Waals surface area contributed by atoms with E-state index in [1.54, 1.807) is 0 Å². The monoisotopic (exact) mass is 891 g/mol. The Balaban J connectivity index is 0.964. The summed E-state index contributed by atoms with van der Waals surface area (Å²) in [5, 5.41) is 2.65. The first kappa shape index (κ1) is 38.7. The van der Waals surface area contributed by atoms with E-state index in [-0.39, 0.29) is 0 Å². The van der Waals surface area contributed by atoms with Gasteiger partial charge in [-0.05, 0) is 125 Å². The van der Waals surface area contributed by atoms with Gasteiger partial charge in [-0.3, -0.25) is 0 Å². The van der Waals surface area contributed by atoms with Crippen molar-refractivity contribution in [1.29, 1.82) is 0 Å². The summed E-state index contributed by atoms with van der Waals surface area (Å²) in [5.41, 5.74) is 23.8. The molecule has 15 rings (SSSR count). The van der Waals surface area contributed by atoms with Crippen LogP contribution in [0.3, 0.4) is 0 Å². The number of fused-ring (bicyclic) bond motifs is 19. The van der Waals surface area contributed by atoms with E-state index in [1.165, 1.54) is 98.1 Å². The molecule has 3 aliphatic rings. The summed E-state index contributed by atoms with van der Waals surface area (Å²) in [6.45, 7) is 0. The van der Waals surface area contributed by atoms with Crippen LogP contribution >= 0.6 is 11.3 Å². The highest BCUT2D eigenvalue weighted by molar-refractivity contribution is 7.25. The van der Waals surface area contributed by atoms with Gasteiger partial charge >= 0.3 is 0 Å². The van der Waals surface area contributed by atoms with Crippen LogP contribution in [0.2, 0.25) is 0 Å². The zero-order chi connectivity index (χ0) is 45.3. The van der Waals surface area contributed by atoms with Crippen molar-refractivity contribution in [3.05, 3.63) is 293 Å². The maximum atomic E-state index is 5.16. The third-order valence-corrected chi connectivity index (χ3v) is 16.7. The quantitative estimate of drug-likeness (QED) is 0.172. The molecule has 320 valence electrons. The fourth-order valence-electron chi connectivity index (χ4n) is 12.7. The van der Waals surface area contributed by atoms with E-state index in [2.05, 4.69) is 249 Å². The Hall–Kier alpha value is -8.43. The van der Waals surface area contributed by atoms with E-state index in [1.807, 2.05) is 11.3 Å². The Bertz CT molecular complexity index is 3910. The van der Waals surface area contributed by atoms with E-state index in [9.17, 15) is 0 Å². The Kier molecular flexibility index (Phi) is 8.14. The smallest absolute Gasteiger partial charge is 0.0720 e. The van der Waals surface area contributed by atoms with Crippen LogP contribution in [-0.4, -0.2) is 4.98 Å². The fraction of sp³-hybridized carbons (Fsp3) is 0.0299. The summed E-state index contributed by atoms with van der Waals surface area (Å²) in [6, 6.07) is 93.2. The Morgan fingerprint density at radius 3 is 1.26 bits per heavy atom. The number of nitrogens with zero attached hydrogens (tertiary/aromatic N) is 1. The van der Waals surface area contributed by atoms with Gasteiger partial charge in [-0.15, -0.1) is 11.3 Å². The van der Waals surface area contributed by atoms with E-state index in [0.717, 1.165) is 33.6 Å². The molecule has 12 aromatic rings. The average molecular weight is 892 g/mol. The molecule has 0 amide bonds. The maximum absolute atomic E-state index is 5.16. The van der Waals surface area contributed by atoms with Gasteiger partial charge < -0.3 is 0 Å². The minimum Gasteiger partial charge on any atom is -0.248 e. The van der Waals surface area contributed by atoms with Gasteiger partial charge in [-0.1, -0.05) is 212 Å². The fourth-order valence-corrected chi connectivity index (χ4v) is 13.9. The van der Waals surface area contributed by atoms with Gasteiger partial charge in [-0.2, -0.15) is 0 Å². The van der Waals surface area contributed by atoms with Gasteiger partial charge in [0, 0.05) is 31.3 Å². The normalized spacial score (nSPS) is 14.0. The maximum Gasteiger partial charge on any atom is 0.0720 e. The zero-order valence-electron chi connectivity index (χ0n) is 37.5. The highest BCUT2D eigenvalue weighted by atomic mass is 32.1. The second-order valence-electron chi connectivity index (χ2n) is 18.9. The van der Waals surface area contributed by atoms with Crippen LogP contribution in [0.5, 0.6) is 0 Å². The largest absolute Gasteiger partial charge is 0.248 e.